The van der Waals surface area contributed by atoms with Gasteiger partial charge in [-0.15, -0.1) is 0 Å². The van der Waals surface area contributed by atoms with Gasteiger partial charge in [-0.25, -0.2) is 8.78 Å². The molecule has 2 rings (SSSR count). The highest BCUT2D eigenvalue weighted by Gasteiger charge is 2.32. The average Bonchev–Trinajstić information content (AvgIpc) is 2.38. The minimum Gasteiger partial charge on any atom is -0.380 e. The highest BCUT2D eigenvalue weighted by Crippen LogP contribution is 2.35. The van der Waals surface area contributed by atoms with Crippen molar-refractivity contribution >= 4 is 15.9 Å². The Morgan fingerprint density at radius 1 is 1.16 bits per heavy atom. The highest BCUT2D eigenvalue weighted by atomic mass is 79.9. The second-order valence-corrected chi connectivity index (χ2v) is 5.26. The molecule has 0 aliphatic rings. The van der Waals surface area contributed by atoms with Gasteiger partial charge in [0.1, 0.15) is 17.2 Å². The Hall–Kier alpha value is -1.26. The minimum atomic E-state index is -1.47. The summed E-state index contributed by atoms with van der Waals surface area (Å²) in [6, 6.07) is 10.3. The van der Waals surface area contributed by atoms with Gasteiger partial charge in [0.2, 0.25) is 0 Å². The van der Waals surface area contributed by atoms with Gasteiger partial charge < -0.3 is 5.11 Å². The molecule has 0 aromatic heterocycles. The molecule has 19 heavy (non-hydrogen) atoms. The summed E-state index contributed by atoms with van der Waals surface area (Å²) in [6.45, 7) is 1.75. The zero-order chi connectivity index (χ0) is 14.0. The zero-order valence-corrected chi connectivity index (χ0v) is 11.9. The molecule has 0 amide bonds. The monoisotopic (exact) mass is 326 g/mol. The number of aliphatic hydroxyl groups is 1. The molecule has 4 heteroatoms. The zero-order valence-electron chi connectivity index (χ0n) is 10.3. The predicted octanol–water partition coefficient (Wildman–Crippen LogP) is 4.37. The second-order valence-electron chi connectivity index (χ2n) is 4.35. The normalized spacial score (nSPS) is 14.2. The Morgan fingerprint density at radius 3 is 2.47 bits per heavy atom. The predicted molar refractivity (Wildman–Crippen MR) is 73.8 cm³/mol. The van der Waals surface area contributed by atoms with E-state index in [9.17, 15) is 13.9 Å². The van der Waals surface area contributed by atoms with Gasteiger partial charge in [-0.2, -0.15) is 0 Å². The Morgan fingerprint density at radius 2 is 1.89 bits per heavy atom. The van der Waals surface area contributed by atoms with Gasteiger partial charge in [0.15, 0.2) is 0 Å². The average molecular weight is 327 g/mol. The van der Waals surface area contributed by atoms with Crippen LogP contribution in [0.5, 0.6) is 0 Å². The van der Waals surface area contributed by atoms with Gasteiger partial charge in [-0.1, -0.05) is 35.0 Å². The maximum absolute atomic E-state index is 13.9. The molecule has 1 N–H and O–H groups in total. The van der Waals surface area contributed by atoms with Gasteiger partial charge in [0.05, 0.1) is 0 Å². The van der Waals surface area contributed by atoms with Crippen molar-refractivity contribution in [3.8, 4) is 0 Å². The van der Waals surface area contributed by atoms with Crippen LogP contribution in [0.25, 0.3) is 0 Å². The summed E-state index contributed by atoms with van der Waals surface area (Å²) in [5.74, 6) is -1.40. The maximum atomic E-state index is 13.9. The van der Waals surface area contributed by atoms with Crippen LogP contribution in [0.4, 0.5) is 8.78 Å². The van der Waals surface area contributed by atoms with Crippen LogP contribution in [-0.2, 0) is 5.60 Å². The summed E-state index contributed by atoms with van der Waals surface area (Å²) in [5, 5.41) is 10.8. The first-order valence-corrected chi connectivity index (χ1v) is 6.70. The molecule has 2 aromatic rings. The topological polar surface area (TPSA) is 20.2 Å². The number of rotatable bonds is 3. The molecule has 100 valence electrons. The molecular formula is C15H13BrF2O. The van der Waals surface area contributed by atoms with Crippen molar-refractivity contribution < 1.29 is 13.9 Å². The Balaban J connectivity index is 2.59. The molecule has 0 fully saturated rings. The van der Waals surface area contributed by atoms with Crippen molar-refractivity contribution in [2.24, 2.45) is 0 Å². The molecule has 1 unspecified atom stereocenters. The Labute approximate surface area is 119 Å². The molecule has 0 saturated heterocycles. The van der Waals surface area contributed by atoms with Crippen molar-refractivity contribution in [3.05, 3.63) is 69.7 Å². The number of halogens is 3. The molecule has 0 bridgehead atoms. The molecular weight excluding hydrogens is 314 g/mol. The third kappa shape index (κ3) is 2.69. The lowest BCUT2D eigenvalue weighted by Gasteiger charge is -2.28. The molecule has 0 radical (unpaired) electrons. The minimum absolute atomic E-state index is 0.0782. The van der Waals surface area contributed by atoms with E-state index in [0.717, 1.165) is 16.6 Å². The quantitative estimate of drug-likeness (QED) is 0.887. The summed E-state index contributed by atoms with van der Waals surface area (Å²) in [4.78, 5) is 0. The molecule has 0 aliphatic heterocycles. The molecule has 1 atom stereocenters. The van der Waals surface area contributed by atoms with E-state index in [-0.39, 0.29) is 12.0 Å². The van der Waals surface area contributed by atoms with Crippen LogP contribution in [0, 0.1) is 11.6 Å². The SMILES string of the molecule is CCC(O)(c1cccc(Br)c1)c1ccc(F)cc1F. The lowest BCUT2D eigenvalue weighted by Crippen LogP contribution is -2.27. The van der Waals surface area contributed by atoms with Gasteiger partial charge in [0, 0.05) is 16.1 Å². The van der Waals surface area contributed by atoms with E-state index in [1.807, 2.05) is 6.07 Å². The fraction of sp³-hybridized carbons (Fsp3) is 0.200. The van der Waals surface area contributed by atoms with Crippen molar-refractivity contribution in [3.63, 3.8) is 0 Å². The van der Waals surface area contributed by atoms with Crippen LogP contribution in [0.3, 0.4) is 0 Å². The Bertz CT molecular complexity index is 600. The van der Waals surface area contributed by atoms with Crippen molar-refractivity contribution in [1.29, 1.82) is 0 Å². The summed E-state index contributed by atoms with van der Waals surface area (Å²) >= 11 is 3.32. The van der Waals surface area contributed by atoms with Gasteiger partial charge in [0.25, 0.3) is 0 Å². The summed E-state index contributed by atoms with van der Waals surface area (Å²) in [5.41, 5.74) is -0.828. The van der Waals surface area contributed by atoms with E-state index in [1.165, 1.54) is 6.07 Å². The van der Waals surface area contributed by atoms with Crippen LogP contribution in [0.2, 0.25) is 0 Å². The van der Waals surface area contributed by atoms with Gasteiger partial charge in [-0.3, -0.25) is 0 Å². The molecule has 2 aromatic carbocycles. The first-order valence-electron chi connectivity index (χ1n) is 5.91. The lowest BCUT2D eigenvalue weighted by molar-refractivity contribution is 0.0724. The van der Waals surface area contributed by atoms with Crippen molar-refractivity contribution in [2.45, 2.75) is 18.9 Å². The van der Waals surface area contributed by atoms with Crippen LogP contribution in [0.1, 0.15) is 24.5 Å². The van der Waals surface area contributed by atoms with E-state index in [1.54, 1.807) is 25.1 Å². The maximum Gasteiger partial charge on any atom is 0.132 e. The van der Waals surface area contributed by atoms with E-state index in [2.05, 4.69) is 15.9 Å². The van der Waals surface area contributed by atoms with E-state index in [4.69, 9.17) is 0 Å². The molecule has 0 heterocycles. The second kappa shape index (κ2) is 5.39. The molecule has 1 nitrogen and oxygen atoms in total. The fourth-order valence-corrected chi connectivity index (χ4v) is 2.52. The largest absolute Gasteiger partial charge is 0.380 e. The van der Waals surface area contributed by atoms with Gasteiger partial charge >= 0.3 is 0 Å². The van der Waals surface area contributed by atoms with Crippen LogP contribution in [0.15, 0.2) is 46.9 Å². The first kappa shape index (κ1) is 14.2. The van der Waals surface area contributed by atoms with Crippen molar-refractivity contribution in [1.82, 2.24) is 0 Å². The summed E-state index contributed by atoms with van der Waals surface area (Å²) in [7, 11) is 0. The van der Waals surface area contributed by atoms with Gasteiger partial charge in [-0.05, 0) is 36.2 Å². The van der Waals surface area contributed by atoms with E-state index < -0.39 is 17.2 Å². The number of hydrogen-bond acceptors (Lipinski definition) is 1. The summed E-state index contributed by atoms with van der Waals surface area (Å²) < 4.78 is 27.7. The number of benzene rings is 2. The highest BCUT2D eigenvalue weighted by molar-refractivity contribution is 9.10. The van der Waals surface area contributed by atoms with Crippen LogP contribution >= 0.6 is 15.9 Å². The smallest absolute Gasteiger partial charge is 0.132 e. The van der Waals surface area contributed by atoms with E-state index >= 15 is 0 Å². The lowest BCUT2D eigenvalue weighted by atomic mass is 9.84. The first-order chi connectivity index (χ1) is 8.97. The van der Waals surface area contributed by atoms with E-state index in [0.29, 0.717) is 5.56 Å². The summed E-state index contributed by atoms with van der Waals surface area (Å²) in [6.07, 6.45) is 0.284. The molecule has 0 aliphatic carbocycles. The standard InChI is InChI=1S/C15H13BrF2O/c1-2-15(19,10-4-3-5-11(16)8-10)13-7-6-12(17)9-14(13)18/h3-9,19H,2H2,1H3. The molecule has 0 saturated carbocycles. The number of hydrogen-bond donors (Lipinski definition) is 1. The fourth-order valence-electron chi connectivity index (χ4n) is 2.12. The molecule has 0 spiro atoms. The third-order valence-corrected chi connectivity index (χ3v) is 3.68. The van der Waals surface area contributed by atoms with Crippen LogP contribution in [-0.4, -0.2) is 5.11 Å². The third-order valence-electron chi connectivity index (χ3n) is 3.19. The Kier molecular flexibility index (Phi) is 4.02. The van der Waals surface area contributed by atoms with Crippen LogP contribution < -0.4 is 0 Å². The van der Waals surface area contributed by atoms with Crippen molar-refractivity contribution in [2.75, 3.05) is 0 Å².